The van der Waals surface area contributed by atoms with Gasteiger partial charge < -0.3 is 10.2 Å². The van der Waals surface area contributed by atoms with Crippen LogP contribution in [-0.2, 0) is 0 Å². The predicted molar refractivity (Wildman–Crippen MR) is 111 cm³/mol. The van der Waals surface area contributed by atoms with Gasteiger partial charge in [-0.15, -0.1) is 0 Å². The molecule has 1 N–H and O–H groups in total. The van der Waals surface area contributed by atoms with Crippen molar-refractivity contribution in [2.75, 3.05) is 23.3 Å². The summed E-state index contributed by atoms with van der Waals surface area (Å²) in [6, 6.07) is 18.6. The van der Waals surface area contributed by atoms with E-state index >= 15 is 0 Å². The Morgan fingerprint density at radius 2 is 1.62 bits per heavy atom. The first-order valence-electron chi connectivity index (χ1n) is 9.15. The van der Waals surface area contributed by atoms with Crippen molar-refractivity contribution >= 4 is 49.1 Å². The van der Waals surface area contributed by atoms with Crippen molar-refractivity contribution in [1.82, 2.24) is 9.97 Å². The summed E-state index contributed by atoms with van der Waals surface area (Å²) in [5, 5.41) is 5.80. The van der Waals surface area contributed by atoms with E-state index in [0.717, 1.165) is 50.8 Å². The number of fused-ring (bicyclic) bond motifs is 2. The fraction of sp³-hybridized carbons (Fsp3) is 0.238. The van der Waals surface area contributed by atoms with Crippen LogP contribution in [0.3, 0.4) is 0 Å². The molecule has 2 aromatic carbocycles. The third kappa shape index (κ3) is 2.78. The summed E-state index contributed by atoms with van der Waals surface area (Å²) in [4.78, 5) is 13.3. The lowest BCUT2D eigenvalue weighted by atomic mass is 10.1. The highest BCUT2D eigenvalue weighted by Gasteiger charge is 2.19. The van der Waals surface area contributed by atoms with E-state index in [0.29, 0.717) is 0 Å². The van der Waals surface area contributed by atoms with Gasteiger partial charge in [0.25, 0.3) is 0 Å². The molecule has 4 aromatic rings. The number of benzene rings is 2. The monoisotopic (exact) mass is 360 g/mol. The van der Waals surface area contributed by atoms with E-state index in [9.17, 15) is 0 Å². The second kappa shape index (κ2) is 6.57. The fourth-order valence-electron chi connectivity index (χ4n) is 3.57. The van der Waals surface area contributed by atoms with Crippen molar-refractivity contribution < 1.29 is 0 Å². The van der Waals surface area contributed by atoms with Crippen molar-refractivity contribution in [3.8, 4) is 0 Å². The van der Waals surface area contributed by atoms with Crippen LogP contribution in [-0.4, -0.2) is 23.1 Å². The number of anilines is 3. The van der Waals surface area contributed by atoms with Crippen LogP contribution in [0.4, 0.5) is 16.5 Å². The Hall–Kier alpha value is -2.66. The molecule has 1 aliphatic rings. The number of thiazole rings is 1. The zero-order valence-electron chi connectivity index (χ0n) is 14.5. The van der Waals surface area contributed by atoms with E-state index in [1.54, 1.807) is 11.3 Å². The van der Waals surface area contributed by atoms with E-state index < -0.39 is 0 Å². The Labute approximate surface area is 156 Å². The van der Waals surface area contributed by atoms with Gasteiger partial charge in [0.2, 0.25) is 0 Å². The van der Waals surface area contributed by atoms with Gasteiger partial charge in [-0.25, -0.2) is 9.97 Å². The van der Waals surface area contributed by atoms with Gasteiger partial charge in [0, 0.05) is 24.2 Å². The van der Waals surface area contributed by atoms with E-state index in [-0.39, 0.29) is 0 Å². The fourth-order valence-corrected chi connectivity index (χ4v) is 4.58. The number of pyridine rings is 1. The summed E-state index contributed by atoms with van der Waals surface area (Å²) in [6.45, 7) is 2.20. The third-order valence-corrected chi connectivity index (χ3v) is 5.91. The maximum Gasteiger partial charge on any atom is 0.188 e. The van der Waals surface area contributed by atoms with E-state index in [1.807, 2.05) is 24.3 Å². The molecule has 26 heavy (non-hydrogen) atoms. The molecule has 2 aromatic heterocycles. The Bertz CT molecular complexity index is 1050. The maximum absolute atomic E-state index is 5.00. The lowest BCUT2D eigenvalue weighted by Crippen LogP contribution is -2.29. The number of piperidine rings is 1. The first kappa shape index (κ1) is 15.6. The number of hydrogen-bond donors (Lipinski definition) is 1. The molecule has 0 saturated carbocycles. The summed E-state index contributed by atoms with van der Waals surface area (Å²) in [7, 11) is 0. The van der Waals surface area contributed by atoms with E-state index in [4.69, 9.17) is 9.97 Å². The lowest BCUT2D eigenvalue weighted by molar-refractivity contribution is 0.577. The average Bonchev–Trinajstić information content (AvgIpc) is 3.13. The second-order valence-corrected chi connectivity index (χ2v) is 7.65. The highest BCUT2D eigenvalue weighted by molar-refractivity contribution is 7.22. The number of hydrogen-bond acceptors (Lipinski definition) is 5. The van der Waals surface area contributed by atoms with E-state index in [1.165, 1.54) is 19.3 Å². The molecule has 0 bridgehead atoms. The molecule has 5 heteroatoms. The molecular formula is C21H20N4S. The van der Waals surface area contributed by atoms with Crippen molar-refractivity contribution in [3.63, 3.8) is 0 Å². The smallest absolute Gasteiger partial charge is 0.188 e. The number of nitrogens with one attached hydrogen (secondary N) is 1. The van der Waals surface area contributed by atoms with Gasteiger partial charge in [0.15, 0.2) is 5.13 Å². The van der Waals surface area contributed by atoms with Crippen LogP contribution in [0.5, 0.6) is 0 Å². The minimum absolute atomic E-state index is 0.970. The summed E-state index contributed by atoms with van der Waals surface area (Å²) in [6.07, 6.45) is 3.82. The van der Waals surface area contributed by atoms with Crippen LogP contribution in [0.25, 0.3) is 21.3 Å². The molecule has 0 atom stereocenters. The minimum Gasteiger partial charge on any atom is -0.353 e. The van der Waals surface area contributed by atoms with Gasteiger partial charge in [0.1, 0.15) is 10.3 Å². The quantitative estimate of drug-likeness (QED) is 0.518. The van der Waals surface area contributed by atoms with Gasteiger partial charge in [0.05, 0.1) is 11.2 Å². The Morgan fingerprint density at radius 3 is 2.46 bits per heavy atom. The average molecular weight is 360 g/mol. The Kier molecular flexibility index (Phi) is 3.94. The van der Waals surface area contributed by atoms with Crippen molar-refractivity contribution in [2.45, 2.75) is 19.3 Å². The normalized spacial score (nSPS) is 14.8. The number of rotatable bonds is 3. The minimum atomic E-state index is 0.970. The van der Waals surface area contributed by atoms with Crippen LogP contribution in [0, 0.1) is 0 Å². The highest BCUT2D eigenvalue weighted by Crippen LogP contribution is 2.38. The molecule has 3 heterocycles. The molecule has 0 radical (unpaired) electrons. The topological polar surface area (TPSA) is 41.1 Å². The molecule has 5 rings (SSSR count). The van der Waals surface area contributed by atoms with Gasteiger partial charge in [-0.1, -0.05) is 47.7 Å². The third-order valence-electron chi connectivity index (χ3n) is 4.90. The second-order valence-electron chi connectivity index (χ2n) is 6.69. The summed E-state index contributed by atoms with van der Waals surface area (Å²) in [5.41, 5.74) is 4.10. The van der Waals surface area contributed by atoms with Gasteiger partial charge in [-0.3, -0.25) is 0 Å². The van der Waals surface area contributed by atoms with Crippen molar-refractivity contribution in [1.29, 1.82) is 0 Å². The SMILES string of the molecule is c1ccc(Nc2c3ccccc3nc3sc(N4CCCCC4)nc23)cc1. The summed E-state index contributed by atoms with van der Waals surface area (Å²) >= 11 is 1.71. The molecule has 1 aliphatic heterocycles. The standard InChI is InChI=1S/C21H20N4S/c1-3-9-15(10-4-1)22-18-16-11-5-6-12-17(16)23-20-19(18)24-21(26-20)25-13-7-2-8-14-25/h1,3-6,9-12H,2,7-8,13-14H2,(H,22,23). The Balaban J connectivity index is 1.68. The molecule has 0 unspecified atom stereocenters. The highest BCUT2D eigenvalue weighted by atomic mass is 32.1. The number of aromatic nitrogens is 2. The first-order chi connectivity index (χ1) is 12.9. The number of para-hydroxylation sites is 2. The molecule has 0 amide bonds. The van der Waals surface area contributed by atoms with Crippen LogP contribution >= 0.6 is 11.3 Å². The predicted octanol–water partition coefficient (Wildman–Crippen LogP) is 5.58. The van der Waals surface area contributed by atoms with Gasteiger partial charge in [-0.2, -0.15) is 0 Å². The van der Waals surface area contributed by atoms with Gasteiger partial charge in [-0.05, 0) is 37.5 Å². The van der Waals surface area contributed by atoms with E-state index in [2.05, 4.69) is 40.5 Å². The van der Waals surface area contributed by atoms with Crippen LogP contribution in [0.2, 0.25) is 0 Å². The lowest BCUT2D eigenvalue weighted by Gasteiger charge is -2.25. The summed E-state index contributed by atoms with van der Waals surface area (Å²) < 4.78 is 0. The van der Waals surface area contributed by atoms with Crippen molar-refractivity contribution in [3.05, 3.63) is 54.6 Å². The zero-order chi connectivity index (χ0) is 17.3. The molecule has 1 saturated heterocycles. The first-order valence-corrected chi connectivity index (χ1v) is 9.96. The molecule has 4 nitrogen and oxygen atoms in total. The van der Waals surface area contributed by atoms with Crippen LogP contribution < -0.4 is 10.2 Å². The largest absolute Gasteiger partial charge is 0.353 e. The van der Waals surface area contributed by atoms with Gasteiger partial charge >= 0.3 is 0 Å². The van der Waals surface area contributed by atoms with Crippen LogP contribution in [0.1, 0.15) is 19.3 Å². The number of nitrogens with zero attached hydrogens (tertiary/aromatic N) is 3. The van der Waals surface area contributed by atoms with Crippen molar-refractivity contribution in [2.24, 2.45) is 0 Å². The van der Waals surface area contributed by atoms with Crippen LogP contribution in [0.15, 0.2) is 54.6 Å². The molecule has 0 spiro atoms. The maximum atomic E-state index is 5.00. The summed E-state index contributed by atoms with van der Waals surface area (Å²) in [5.74, 6) is 0. The molecule has 0 aliphatic carbocycles. The molecule has 1 fully saturated rings. The zero-order valence-corrected chi connectivity index (χ0v) is 15.3. The Morgan fingerprint density at radius 1 is 0.846 bits per heavy atom. The molecule has 130 valence electrons. The molecular weight excluding hydrogens is 340 g/mol.